The Balaban J connectivity index is 1.22. The Morgan fingerprint density at radius 2 is 0.860 bits per heavy atom. The van der Waals surface area contributed by atoms with Gasteiger partial charge in [-0.1, -0.05) is 72.8 Å². The second-order valence-corrected chi connectivity index (χ2v) is 10.2. The molecule has 2 N–H and O–H groups in total. The normalized spacial score (nSPS) is 11.0. The summed E-state index contributed by atoms with van der Waals surface area (Å²) in [6.45, 7) is 0. The van der Waals surface area contributed by atoms with Crippen LogP contribution in [-0.2, 0) is 4.74 Å². The van der Waals surface area contributed by atoms with Crippen molar-refractivity contribution in [2.75, 3.05) is 4.90 Å². The number of benzene rings is 6. The molecule has 7 aromatic rings. The molecule has 5 nitrogen and oxygen atoms in total. The van der Waals surface area contributed by atoms with Crippen molar-refractivity contribution < 1.29 is 4.74 Å². The van der Waals surface area contributed by atoms with Crippen molar-refractivity contribution in [1.82, 2.24) is 4.57 Å². The number of fused-ring (bicyclic) bond motifs is 3. The van der Waals surface area contributed by atoms with E-state index >= 15 is 0 Å². The molecular weight excluding hydrogens is 528 g/mol. The van der Waals surface area contributed by atoms with E-state index in [-0.39, 0.29) is 11.8 Å². The molecule has 7 rings (SSSR count). The molecular formula is C38H28N4O. The lowest BCUT2D eigenvalue weighted by molar-refractivity contribution is 0.538. The minimum Gasteiger partial charge on any atom is -0.421 e. The van der Waals surface area contributed by atoms with Crippen molar-refractivity contribution in [2.24, 2.45) is 0 Å². The van der Waals surface area contributed by atoms with Gasteiger partial charge < -0.3 is 14.2 Å². The molecule has 1 aromatic heterocycles. The van der Waals surface area contributed by atoms with E-state index in [9.17, 15) is 0 Å². The van der Waals surface area contributed by atoms with Gasteiger partial charge >= 0.3 is 0 Å². The predicted molar refractivity (Wildman–Crippen MR) is 177 cm³/mol. The van der Waals surface area contributed by atoms with Crippen LogP contribution in [0.15, 0.2) is 158 Å². The van der Waals surface area contributed by atoms with E-state index in [1.165, 1.54) is 21.8 Å². The van der Waals surface area contributed by atoms with Crippen LogP contribution in [0.5, 0.6) is 0 Å². The van der Waals surface area contributed by atoms with E-state index in [0.29, 0.717) is 11.1 Å². The van der Waals surface area contributed by atoms with Gasteiger partial charge in [-0.2, -0.15) is 0 Å². The molecule has 6 aromatic carbocycles. The Hall–Kier alpha value is -5.94. The largest absolute Gasteiger partial charge is 0.421 e. The van der Waals surface area contributed by atoms with E-state index in [0.717, 1.165) is 22.7 Å². The molecule has 0 unspecified atom stereocenters. The third kappa shape index (κ3) is 4.94. The van der Waals surface area contributed by atoms with E-state index in [1.807, 2.05) is 60.7 Å². The maximum absolute atomic E-state index is 8.44. The molecule has 0 atom stereocenters. The first-order valence-corrected chi connectivity index (χ1v) is 14.1. The summed E-state index contributed by atoms with van der Waals surface area (Å²) >= 11 is 0. The van der Waals surface area contributed by atoms with E-state index < -0.39 is 0 Å². The number of nitrogens with one attached hydrogen (secondary N) is 2. The highest BCUT2D eigenvalue weighted by atomic mass is 16.5. The highest BCUT2D eigenvalue weighted by Gasteiger charge is 2.16. The van der Waals surface area contributed by atoms with Gasteiger partial charge in [-0.3, -0.25) is 10.8 Å². The molecule has 0 fully saturated rings. The number of aromatic nitrogens is 1. The van der Waals surface area contributed by atoms with Gasteiger partial charge in [-0.15, -0.1) is 0 Å². The number of hydrogen-bond donors (Lipinski definition) is 2. The van der Waals surface area contributed by atoms with Crippen LogP contribution in [0.1, 0.15) is 11.1 Å². The summed E-state index contributed by atoms with van der Waals surface area (Å²) in [4.78, 5) is 2.19. The maximum atomic E-state index is 8.44. The number of anilines is 3. The van der Waals surface area contributed by atoms with Crippen molar-refractivity contribution in [1.29, 1.82) is 10.8 Å². The molecule has 0 saturated heterocycles. The van der Waals surface area contributed by atoms with Gasteiger partial charge in [0.1, 0.15) is 0 Å². The summed E-state index contributed by atoms with van der Waals surface area (Å²) in [6.07, 6.45) is 0. The molecule has 43 heavy (non-hydrogen) atoms. The van der Waals surface area contributed by atoms with Gasteiger partial charge in [0.25, 0.3) is 0 Å². The number of ether oxygens (including phenoxy) is 1. The van der Waals surface area contributed by atoms with Crippen LogP contribution >= 0.6 is 0 Å². The van der Waals surface area contributed by atoms with Crippen molar-refractivity contribution in [3.8, 4) is 5.69 Å². The number of hydrogen-bond acceptors (Lipinski definition) is 4. The van der Waals surface area contributed by atoms with E-state index in [2.05, 4.69) is 94.4 Å². The fraction of sp³-hybridized carbons (Fsp3) is 0. The molecule has 0 aliphatic rings. The first-order valence-electron chi connectivity index (χ1n) is 14.1. The molecule has 0 aliphatic carbocycles. The summed E-state index contributed by atoms with van der Waals surface area (Å²) in [5, 5.41) is 19.1. The Morgan fingerprint density at radius 3 is 1.42 bits per heavy atom. The summed E-state index contributed by atoms with van der Waals surface area (Å²) in [5.41, 5.74) is 7.66. The summed E-state index contributed by atoms with van der Waals surface area (Å²) in [6, 6.07) is 52.8. The maximum Gasteiger partial charge on any atom is 0.221 e. The van der Waals surface area contributed by atoms with Crippen LogP contribution in [0.2, 0.25) is 0 Å². The SMILES string of the molecule is N=C(OC(=N)c1ccc(N(c2ccccc2)c2ccc(-n3c4ccccc4c4ccccc43)cc2)cc1)c1ccccc1. The van der Waals surface area contributed by atoms with Crippen molar-refractivity contribution in [3.63, 3.8) is 0 Å². The van der Waals surface area contributed by atoms with Gasteiger partial charge in [-0.05, 0) is 84.9 Å². The summed E-state index contributed by atoms with van der Waals surface area (Å²) in [5.74, 6) is -0.119. The lowest BCUT2D eigenvalue weighted by Crippen LogP contribution is -2.14. The first-order chi connectivity index (χ1) is 21.2. The molecule has 0 radical (unpaired) electrons. The predicted octanol–water partition coefficient (Wildman–Crippen LogP) is 9.62. The van der Waals surface area contributed by atoms with Crippen molar-refractivity contribution in [3.05, 3.63) is 169 Å². The second kappa shape index (κ2) is 11.1. The fourth-order valence-electron chi connectivity index (χ4n) is 5.55. The lowest BCUT2D eigenvalue weighted by Gasteiger charge is -2.26. The van der Waals surface area contributed by atoms with Crippen LogP contribution in [0.25, 0.3) is 27.5 Å². The van der Waals surface area contributed by atoms with Crippen molar-refractivity contribution in [2.45, 2.75) is 0 Å². The molecule has 1 heterocycles. The van der Waals surface area contributed by atoms with Gasteiger partial charge in [0, 0.05) is 44.6 Å². The molecule has 206 valence electrons. The molecule has 0 aliphatic heterocycles. The zero-order valence-electron chi connectivity index (χ0n) is 23.3. The number of nitrogens with zero attached hydrogens (tertiary/aromatic N) is 2. The van der Waals surface area contributed by atoms with Crippen LogP contribution in [-0.4, -0.2) is 16.4 Å². The first kappa shape index (κ1) is 26.0. The third-order valence-electron chi connectivity index (χ3n) is 7.59. The zero-order chi connectivity index (χ0) is 29.2. The Bertz CT molecular complexity index is 2010. The highest BCUT2D eigenvalue weighted by Crippen LogP contribution is 2.36. The summed E-state index contributed by atoms with van der Waals surface area (Å²) < 4.78 is 7.87. The Labute approximate surface area is 249 Å². The monoisotopic (exact) mass is 556 g/mol. The molecule has 0 amide bonds. The van der Waals surface area contributed by atoms with Gasteiger partial charge in [-0.25, -0.2) is 0 Å². The highest BCUT2D eigenvalue weighted by molar-refractivity contribution is 6.09. The third-order valence-corrected chi connectivity index (χ3v) is 7.59. The summed E-state index contributed by atoms with van der Waals surface area (Å²) in [7, 11) is 0. The fourth-order valence-corrected chi connectivity index (χ4v) is 5.55. The number of para-hydroxylation sites is 3. The van der Waals surface area contributed by atoms with Crippen LogP contribution in [0, 0.1) is 10.8 Å². The van der Waals surface area contributed by atoms with E-state index in [1.54, 1.807) is 12.1 Å². The standard InChI is InChI=1S/C38H28N4O/c39-37(27-11-3-1-4-12-27)43-38(40)28-19-21-30(22-20-28)41(29-13-5-2-6-14-29)31-23-25-32(26-24-31)42-35-17-9-7-15-33(35)34-16-8-10-18-36(34)42/h1-26,39-40H. The number of rotatable bonds is 6. The molecule has 0 saturated carbocycles. The second-order valence-electron chi connectivity index (χ2n) is 10.2. The average molecular weight is 557 g/mol. The van der Waals surface area contributed by atoms with Crippen LogP contribution < -0.4 is 4.90 Å². The van der Waals surface area contributed by atoms with Gasteiger partial charge in [0.2, 0.25) is 11.8 Å². The van der Waals surface area contributed by atoms with Crippen LogP contribution in [0.3, 0.4) is 0 Å². The topological polar surface area (TPSA) is 65.1 Å². The minimum atomic E-state index is -0.0674. The average Bonchev–Trinajstić information content (AvgIpc) is 3.41. The molecule has 5 heteroatoms. The van der Waals surface area contributed by atoms with E-state index in [4.69, 9.17) is 15.6 Å². The van der Waals surface area contributed by atoms with Crippen LogP contribution in [0.4, 0.5) is 17.1 Å². The Kier molecular flexibility index (Phi) is 6.74. The quantitative estimate of drug-likeness (QED) is 0.158. The Morgan fingerprint density at radius 1 is 0.442 bits per heavy atom. The zero-order valence-corrected chi connectivity index (χ0v) is 23.3. The lowest BCUT2D eigenvalue weighted by atomic mass is 10.1. The smallest absolute Gasteiger partial charge is 0.221 e. The van der Waals surface area contributed by atoms with Gasteiger partial charge in [0.05, 0.1) is 11.0 Å². The van der Waals surface area contributed by atoms with Crippen molar-refractivity contribution >= 4 is 50.7 Å². The minimum absolute atomic E-state index is 0.0519. The molecule has 0 spiro atoms. The van der Waals surface area contributed by atoms with Gasteiger partial charge in [0.15, 0.2) is 0 Å². The molecule has 0 bridgehead atoms.